The van der Waals surface area contributed by atoms with Crippen LogP contribution >= 0.6 is 0 Å². The third-order valence-corrected chi connectivity index (χ3v) is 5.92. The van der Waals surface area contributed by atoms with Gasteiger partial charge in [0, 0.05) is 6.07 Å². The molecule has 1 unspecified atom stereocenters. The molecule has 1 atom stereocenters. The highest BCUT2D eigenvalue weighted by atomic mass is 16.6. The molecule has 5 nitrogen and oxygen atoms in total. The van der Waals surface area contributed by atoms with Crippen molar-refractivity contribution in [1.82, 2.24) is 9.55 Å². The number of ether oxygens (including phenoxy) is 2. The third-order valence-electron chi connectivity index (χ3n) is 5.92. The van der Waals surface area contributed by atoms with Crippen molar-refractivity contribution in [1.29, 1.82) is 0 Å². The average Bonchev–Trinajstić information content (AvgIpc) is 3.23. The average molecular weight is 425 g/mol. The number of fused-ring (bicyclic) bond motifs is 1. The Hall–Kier alpha value is -3.86. The maximum Gasteiger partial charge on any atom is 0.300 e. The molecule has 1 aliphatic rings. The summed E-state index contributed by atoms with van der Waals surface area (Å²) in [5.74, 6) is 0.782. The lowest BCUT2D eigenvalue weighted by Crippen LogP contribution is -2.23. The van der Waals surface area contributed by atoms with Gasteiger partial charge >= 0.3 is 6.01 Å². The topological polar surface area (TPSA) is 53.4 Å². The van der Waals surface area contributed by atoms with E-state index in [1.807, 2.05) is 47.0 Å². The summed E-state index contributed by atoms with van der Waals surface area (Å²) in [6.45, 7) is 5.22. The normalized spacial score (nSPS) is 14.6. The Bertz CT molecular complexity index is 1310. The molecule has 1 aliphatic heterocycles. The Kier molecular flexibility index (Phi) is 5.23. The summed E-state index contributed by atoms with van der Waals surface area (Å²) in [7, 11) is 0. The first-order valence-corrected chi connectivity index (χ1v) is 10.7. The molecule has 2 heterocycles. The van der Waals surface area contributed by atoms with E-state index in [4.69, 9.17) is 9.47 Å². The van der Waals surface area contributed by atoms with Crippen LogP contribution in [0.1, 0.15) is 11.1 Å². The molecule has 0 saturated heterocycles. The Labute approximate surface area is 186 Å². The van der Waals surface area contributed by atoms with E-state index in [0.29, 0.717) is 19.2 Å². The molecule has 4 aromatic rings. The van der Waals surface area contributed by atoms with Crippen molar-refractivity contribution in [3.8, 4) is 34.1 Å². The first-order valence-electron chi connectivity index (χ1n) is 10.7. The number of hydrogen-bond donors (Lipinski definition) is 0. The van der Waals surface area contributed by atoms with Crippen molar-refractivity contribution in [3.05, 3.63) is 100 Å². The minimum atomic E-state index is -0.307. The van der Waals surface area contributed by atoms with Crippen molar-refractivity contribution < 1.29 is 9.47 Å². The van der Waals surface area contributed by atoms with Crippen LogP contribution in [0, 0.1) is 13.8 Å². The SMILES string of the molecule is Cc1cccc(-c2ccc(OCC3Cn4c(-c5ccccc5)cc(=O)nc4O3)cc2)c1C. The van der Waals surface area contributed by atoms with Crippen LogP contribution in [0.3, 0.4) is 0 Å². The Morgan fingerprint density at radius 2 is 1.75 bits per heavy atom. The molecule has 160 valence electrons. The van der Waals surface area contributed by atoms with Gasteiger partial charge in [0.25, 0.3) is 5.56 Å². The molecule has 0 fully saturated rings. The predicted molar refractivity (Wildman–Crippen MR) is 125 cm³/mol. The van der Waals surface area contributed by atoms with Gasteiger partial charge in [-0.3, -0.25) is 9.36 Å². The van der Waals surface area contributed by atoms with Crippen LogP contribution in [0.25, 0.3) is 22.4 Å². The molecule has 0 saturated carbocycles. The molecule has 0 radical (unpaired) electrons. The number of aryl methyl sites for hydroxylation is 1. The molecule has 0 bridgehead atoms. The highest BCUT2D eigenvalue weighted by molar-refractivity contribution is 5.69. The van der Waals surface area contributed by atoms with Crippen molar-refractivity contribution in [2.75, 3.05) is 6.61 Å². The van der Waals surface area contributed by atoms with Crippen LogP contribution in [0.4, 0.5) is 0 Å². The quantitative estimate of drug-likeness (QED) is 0.451. The third kappa shape index (κ3) is 3.89. The van der Waals surface area contributed by atoms with Gasteiger partial charge in [-0.1, -0.05) is 60.7 Å². The molecule has 0 aliphatic carbocycles. The van der Waals surface area contributed by atoms with E-state index in [0.717, 1.165) is 17.0 Å². The smallest absolute Gasteiger partial charge is 0.300 e. The van der Waals surface area contributed by atoms with Crippen molar-refractivity contribution in [2.45, 2.75) is 26.5 Å². The summed E-state index contributed by atoms with van der Waals surface area (Å²) < 4.78 is 13.9. The second-order valence-electron chi connectivity index (χ2n) is 8.06. The molecular formula is C27H24N2O3. The van der Waals surface area contributed by atoms with Gasteiger partial charge in [0.05, 0.1) is 12.2 Å². The standard InChI is InChI=1S/C27H24N2O3/c1-18-7-6-10-24(19(18)2)20-11-13-22(14-12-20)31-17-23-16-29-25(21-8-4-3-5-9-21)15-26(30)28-27(29)32-23/h3-15,23H,16-17H2,1-2H3. The van der Waals surface area contributed by atoms with E-state index in [9.17, 15) is 4.79 Å². The summed E-state index contributed by atoms with van der Waals surface area (Å²) in [6.07, 6.45) is -0.217. The van der Waals surface area contributed by atoms with Gasteiger partial charge in [-0.05, 0) is 53.8 Å². The maximum atomic E-state index is 12.1. The van der Waals surface area contributed by atoms with Gasteiger partial charge < -0.3 is 9.47 Å². The number of rotatable bonds is 5. The van der Waals surface area contributed by atoms with Gasteiger partial charge in [0.15, 0.2) is 6.10 Å². The monoisotopic (exact) mass is 424 g/mol. The Balaban J connectivity index is 1.29. The van der Waals surface area contributed by atoms with Gasteiger partial charge in [-0.25, -0.2) is 0 Å². The minimum absolute atomic E-state index is 0.217. The van der Waals surface area contributed by atoms with E-state index >= 15 is 0 Å². The molecule has 3 aromatic carbocycles. The van der Waals surface area contributed by atoms with E-state index in [2.05, 4.69) is 49.2 Å². The van der Waals surface area contributed by atoms with Crippen molar-refractivity contribution in [3.63, 3.8) is 0 Å². The summed E-state index contributed by atoms with van der Waals surface area (Å²) in [5, 5.41) is 0. The van der Waals surface area contributed by atoms with Gasteiger partial charge in [0.1, 0.15) is 12.4 Å². The second-order valence-corrected chi connectivity index (χ2v) is 8.06. The lowest BCUT2D eigenvalue weighted by atomic mass is 9.97. The first kappa shape index (κ1) is 20.1. The zero-order valence-corrected chi connectivity index (χ0v) is 18.1. The molecule has 0 amide bonds. The lowest BCUT2D eigenvalue weighted by Gasteiger charge is -2.13. The molecule has 5 heteroatoms. The van der Waals surface area contributed by atoms with Crippen LogP contribution in [0.5, 0.6) is 11.8 Å². The molecule has 32 heavy (non-hydrogen) atoms. The number of benzene rings is 3. The number of hydrogen-bond acceptors (Lipinski definition) is 4. The fourth-order valence-electron chi connectivity index (χ4n) is 4.06. The van der Waals surface area contributed by atoms with Crippen molar-refractivity contribution in [2.24, 2.45) is 0 Å². The van der Waals surface area contributed by atoms with Crippen LogP contribution in [-0.4, -0.2) is 22.3 Å². The first-order chi connectivity index (χ1) is 15.6. The van der Waals surface area contributed by atoms with Crippen LogP contribution in [0.2, 0.25) is 0 Å². The summed E-state index contributed by atoms with van der Waals surface area (Å²) in [4.78, 5) is 16.1. The molecule has 0 spiro atoms. The number of aromatic nitrogens is 2. The van der Waals surface area contributed by atoms with Crippen LogP contribution < -0.4 is 15.0 Å². The molecule has 1 aromatic heterocycles. The fraction of sp³-hybridized carbons (Fsp3) is 0.185. The van der Waals surface area contributed by atoms with E-state index in [1.165, 1.54) is 22.3 Å². The van der Waals surface area contributed by atoms with E-state index < -0.39 is 0 Å². The maximum absolute atomic E-state index is 12.1. The lowest BCUT2D eigenvalue weighted by molar-refractivity contribution is 0.143. The largest absolute Gasteiger partial charge is 0.490 e. The zero-order valence-electron chi connectivity index (χ0n) is 18.1. The highest BCUT2D eigenvalue weighted by Crippen LogP contribution is 2.29. The predicted octanol–water partition coefficient (Wildman–Crippen LogP) is 5.03. The van der Waals surface area contributed by atoms with Crippen molar-refractivity contribution >= 4 is 0 Å². The molecule has 5 rings (SSSR count). The number of nitrogens with zero attached hydrogens (tertiary/aromatic N) is 2. The van der Waals surface area contributed by atoms with Gasteiger partial charge in [0.2, 0.25) is 0 Å². The molecular weight excluding hydrogens is 400 g/mol. The fourth-order valence-corrected chi connectivity index (χ4v) is 4.06. The van der Waals surface area contributed by atoms with E-state index in [-0.39, 0.29) is 11.7 Å². The summed E-state index contributed by atoms with van der Waals surface area (Å²) in [6, 6.07) is 26.2. The highest BCUT2D eigenvalue weighted by Gasteiger charge is 2.27. The summed E-state index contributed by atoms with van der Waals surface area (Å²) >= 11 is 0. The second kappa shape index (κ2) is 8.35. The Morgan fingerprint density at radius 1 is 0.969 bits per heavy atom. The van der Waals surface area contributed by atoms with E-state index in [1.54, 1.807) is 6.07 Å². The van der Waals surface area contributed by atoms with Gasteiger partial charge in [-0.2, -0.15) is 4.98 Å². The minimum Gasteiger partial charge on any atom is -0.490 e. The summed E-state index contributed by atoms with van der Waals surface area (Å²) in [5.41, 5.74) is 6.42. The van der Waals surface area contributed by atoms with Gasteiger partial charge in [-0.15, -0.1) is 0 Å². The zero-order chi connectivity index (χ0) is 22.1. The van der Waals surface area contributed by atoms with Crippen LogP contribution in [0.15, 0.2) is 83.7 Å². The molecule has 0 N–H and O–H groups in total. The van der Waals surface area contributed by atoms with Crippen LogP contribution in [-0.2, 0) is 6.54 Å². The Morgan fingerprint density at radius 3 is 2.53 bits per heavy atom.